The molecule has 154 valence electrons. The van der Waals surface area contributed by atoms with E-state index in [1.54, 1.807) is 4.57 Å². The van der Waals surface area contributed by atoms with E-state index in [0.717, 1.165) is 30.0 Å². The molecule has 0 fully saturated rings. The summed E-state index contributed by atoms with van der Waals surface area (Å²) in [5.41, 5.74) is 2.73. The van der Waals surface area contributed by atoms with Crippen molar-refractivity contribution in [1.29, 1.82) is 0 Å². The highest BCUT2D eigenvalue weighted by Gasteiger charge is 2.08. The van der Waals surface area contributed by atoms with Gasteiger partial charge >= 0.3 is 17.7 Å². The van der Waals surface area contributed by atoms with Crippen molar-refractivity contribution in [3.63, 3.8) is 0 Å². The van der Waals surface area contributed by atoms with Crippen LogP contribution in [0, 0.1) is 0 Å². The normalized spacial score (nSPS) is 10.6. The van der Waals surface area contributed by atoms with Crippen LogP contribution in [0.2, 0.25) is 5.02 Å². The van der Waals surface area contributed by atoms with Gasteiger partial charge < -0.3 is 19.5 Å². The van der Waals surface area contributed by atoms with Crippen molar-refractivity contribution in [2.24, 2.45) is 0 Å². The smallest absolute Gasteiger partial charge is 0.419 e. The number of rotatable bonds is 6. The Balaban J connectivity index is 0.000000438. The quantitative estimate of drug-likeness (QED) is 0.589. The lowest BCUT2D eigenvalue weighted by Crippen LogP contribution is -2.22. The Bertz CT molecular complexity index is 1010. The molecule has 0 spiro atoms. The first-order chi connectivity index (χ1) is 13.8. The molecule has 3 aromatic rings. The minimum atomic E-state index is -1.82. The van der Waals surface area contributed by atoms with E-state index in [0.29, 0.717) is 12.1 Å². The van der Waals surface area contributed by atoms with Gasteiger partial charge in [-0.3, -0.25) is 4.57 Å². The van der Waals surface area contributed by atoms with Gasteiger partial charge in [-0.1, -0.05) is 35.9 Å². The third-order valence-electron chi connectivity index (χ3n) is 4.04. The molecule has 0 amide bonds. The maximum absolute atomic E-state index is 11.9. The van der Waals surface area contributed by atoms with E-state index in [1.165, 1.54) is 5.56 Å². The molecule has 2 N–H and O–H groups in total. The number of halogens is 1. The number of aliphatic carboxylic acids is 2. The van der Waals surface area contributed by atoms with Crippen LogP contribution in [-0.2, 0) is 22.7 Å². The van der Waals surface area contributed by atoms with Crippen LogP contribution in [-0.4, -0.2) is 45.2 Å². The van der Waals surface area contributed by atoms with Crippen LogP contribution in [0.25, 0.3) is 11.1 Å². The van der Waals surface area contributed by atoms with Crippen LogP contribution < -0.4 is 5.76 Å². The van der Waals surface area contributed by atoms with Crippen molar-refractivity contribution in [3.05, 3.63) is 69.7 Å². The second-order valence-corrected chi connectivity index (χ2v) is 6.75. The Morgan fingerprint density at radius 3 is 2.31 bits per heavy atom. The molecule has 0 bridgehead atoms. The number of aryl methyl sites for hydroxylation is 1. The number of hydrogen-bond donors (Lipinski definition) is 2. The van der Waals surface area contributed by atoms with Gasteiger partial charge in [0, 0.05) is 18.1 Å². The van der Waals surface area contributed by atoms with E-state index in [9.17, 15) is 4.79 Å². The molecule has 0 aliphatic rings. The van der Waals surface area contributed by atoms with Gasteiger partial charge in [0.25, 0.3) is 0 Å². The maximum Gasteiger partial charge on any atom is 0.419 e. The molecular weight excluding hydrogens is 400 g/mol. The number of fused-ring (bicyclic) bond motifs is 1. The van der Waals surface area contributed by atoms with Gasteiger partial charge in [-0.2, -0.15) is 0 Å². The number of benzene rings is 2. The Morgan fingerprint density at radius 2 is 1.69 bits per heavy atom. The summed E-state index contributed by atoms with van der Waals surface area (Å²) in [5, 5.41) is 15.5. The number of carbonyl (C=O) groups is 2. The van der Waals surface area contributed by atoms with Gasteiger partial charge in [0.15, 0.2) is 5.58 Å². The van der Waals surface area contributed by atoms with E-state index in [2.05, 4.69) is 11.9 Å². The standard InChI is InChI=1S/C18H19ClN2O2.C2H2O4/c1-20(13-14-7-9-15(19)10-8-14)11-4-12-21-16-5-2-3-6-17(16)23-18(21)22;3-1(4)2(5)6/h2-3,5-10H,4,11-13H2,1H3;(H,3,4)(H,5,6). The van der Waals surface area contributed by atoms with Gasteiger partial charge in [-0.25, -0.2) is 14.4 Å². The molecule has 3 rings (SSSR count). The number of aromatic nitrogens is 1. The molecule has 1 heterocycles. The van der Waals surface area contributed by atoms with Crippen molar-refractivity contribution in [2.45, 2.75) is 19.5 Å². The lowest BCUT2D eigenvalue weighted by atomic mass is 10.2. The van der Waals surface area contributed by atoms with Crippen molar-refractivity contribution in [3.8, 4) is 0 Å². The van der Waals surface area contributed by atoms with Gasteiger partial charge in [0.1, 0.15) is 0 Å². The molecular formula is C20H21ClN2O6. The Kier molecular flexibility index (Phi) is 7.99. The fraction of sp³-hybridized carbons (Fsp3) is 0.250. The molecule has 8 nitrogen and oxygen atoms in total. The minimum Gasteiger partial charge on any atom is -0.473 e. The van der Waals surface area contributed by atoms with Crippen molar-refractivity contribution < 1.29 is 24.2 Å². The Morgan fingerprint density at radius 1 is 1.07 bits per heavy atom. The fourth-order valence-electron chi connectivity index (χ4n) is 2.70. The predicted octanol–water partition coefficient (Wildman–Crippen LogP) is 2.93. The van der Waals surface area contributed by atoms with Crippen molar-refractivity contribution in [2.75, 3.05) is 13.6 Å². The maximum atomic E-state index is 11.9. The molecule has 1 aromatic heterocycles. The second kappa shape index (κ2) is 10.4. The van der Waals surface area contributed by atoms with E-state index in [1.807, 2.05) is 48.5 Å². The number of para-hydroxylation sites is 2. The zero-order chi connectivity index (χ0) is 21.4. The summed E-state index contributed by atoms with van der Waals surface area (Å²) >= 11 is 5.90. The van der Waals surface area contributed by atoms with E-state index < -0.39 is 11.9 Å². The summed E-state index contributed by atoms with van der Waals surface area (Å²) in [4.78, 5) is 32.3. The third-order valence-corrected chi connectivity index (χ3v) is 4.30. The first-order valence-corrected chi connectivity index (χ1v) is 9.13. The van der Waals surface area contributed by atoms with Crippen LogP contribution in [0.15, 0.2) is 57.7 Å². The van der Waals surface area contributed by atoms with Crippen LogP contribution in [0.5, 0.6) is 0 Å². The second-order valence-electron chi connectivity index (χ2n) is 6.32. The highest BCUT2D eigenvalue weighted by Crippen LogP contribution is 2.13. The highest BCUT2D eigenvalue weighted by atomic mass is 35.5. The Hall–Kier alpha value is -3.10. The van der Waals surface area contributed by atoms with Gasteiger partial charge in [0.2, 0.25) is 0 Å². The fourth-order valence-corrected chi connectivity index (χ4v) is 2.83. The number of hydrogen-bond acceptors (Lipinski definition) is 5. The van der Waals surface area contributed by atoms with E-state index in [4.69, 9.17) is 35.8 Å². The lowest BCUT2D eigenvalue weighted by Gasteiger charge is -2.16. The number of carboxylic acids is 2. The number of carboxylic acid groups (broad SMARTS) is 2. The predicted molar refractivity (Wildman–Crippen MR) is 108 cm³/mol. The monoisotopic (exact) mass is 420 g/mol. The molecule has 0 aliphatic heterocycles. The summed E-state index contributed by atoms with van der Waals surface area (Å²) < 4.78 is 6.94. The molecule has 0 aliphatic carbocycles. The molecule has 29 heavy (non-hydrogen) atoms. The summed E-state index contributed by atoms with van der Waals surface area (Å²) in [6, 6.07) is 15.4. The first-order valence-electron chi connectivity index (χ1n) is 8.75. The molecule has 0 saturated carbocycles. The van der Waals surface area contributed by atoms with Gasteiger partial charge in [-0.15, -0.1) is 0 Å². The van der Waals surface area contributed by atoms with E-state index in [-0.39, 0.29) is 5.76 Å². The largest absolute Gasteiger partial charge is 0.473 e. The summed E-state index contributed by atoms with van der Waals surface area (Å²) in [5.74, 6) is -3.93. The summed E-state index contributed by atoms with van der Waals surface area (Å²) in [6.07, 6.45) is 0.882. The Labute approximate surface area is 171 Å². The molecule has 0 atom stereocenters. The third kappa shape index (κ3) is 6.78. The van der Waals surface area contributed by atoms with Crippen molar-refractivity contribution in [1.82, 2.24) is 9.47 Å². The summed E-state index contributed by atoms with van der Waals surface area (Å²) in [6.45, 7) is 2.41. The van der Waals surface area contributed by atoms with Crippen LogP contribution in [0.1, 0.15) is 12.0 Å². The zero-order valence-corrected chi connectivity index (χ0v) is 16.5. The van der Waals surface area contributed by atoms with Gasteiger partial charge in [-0.05, 0) is 49.8 Å². The first kappa shape index (κ1) is 22.2. The molecule has 0 saturated heterocycles. The molecule has 2 aromatic carbocycles. The topological polar surface area (TPSA) is 113 Å². The average Bonchev–Trinajstić information content (AvgIpc) is 2.99. The van der Waals surface area contributed by atoms with Crippen LogP contribution >= 0.6 is 11.6 Å². The summed E-state index contributed by atoms with van der Waals surface area (Å²) in [7, 11) is 2.07. The zero-order valence-electron chi connectivity index (χ0n) is 15.7. The molecule has 0 radical (unpaired) electrons. The van der Waals surface area contributed by atoms with Crippen LogP contribution in [0.4, 0.5) is 0 Å². The lowest BCUT2D eigenvalue weighted by molar-refractivity contribution is -0.159. The highest BCUT2D eigenvalue weighted by molar-refractivity contribution is 6.30. The molecule has 9 heteroatoms. The van der Waals surface area contributed by atoms with Crippen molar-refractivity contribution >= 4 is 34.6 Å². The minimum absolute atomic E-state index is 0.286. The number of oxazole rings is 1. The average molecular weight is 421 g/mol. The molecule has 0 unspecified atom stereocenters. The van der Waals surface area contributed by atoms with Crippen LogP contribution in [0.3, 0.4) is 0 Å². The van der Waals surface area contributed by atoms with E-state index >= 15 is 0 Å². The number of nitrogens with zero attached hydrogens (tertiary/aromatic N) is 2. The van der Waals surface area contributed by atoms with Gasteiger partial charge in [0.05, 0.1) is 5.52 Å². The SMILES string of the molecule is CN(CCCn1c(=O)oc2ccccc21)Cc1ccc(Cl)cc1.O=C(O)C(=O)O.